The second-order valence-electron chi connectivity index (χ2n) is 9.49. The molecular weight excluding hydrogens is 402 g/mol. The van der Waals surface area contributed by atoms with Gasteiger partial charge in [0, 0.05) is 74.5 Å². The number of pyridine rings is 1. The summed E-state index contributed by atoms with van der Waals surface area (Å²) < 4.78 is 7.40. The maximum atomic E-state index is 14.1. The van der Waals surface area contributed by atoms with E-state index >= 15 is 0 Å². The molecule has 0 unspecified atom stereocenters. The molecule has 32 heavy (non-hydrogen) atoms. The summed E-state index contributed by atoms with van der Waals surface area (Å²) in [6.45, 7) is 8.15. The van der Waals surface area contributed by atoms with Crippen molar-refractivity contribution in [1.82, 2.24) is 24.6 Å². The van der Waals surface area contributed by atoms with Crippen molar-refractivity contribution in [2.45, 2.75) is 51.7 Å². The van der Waals surface area contributed by atoms with Crippen LogP contribution in [-0.4, -0.2) is 50.1 Å². The van der Waals surface area contributed by atoms with Gasteiger partial charge in [-0.2, -0.15) is 5.10 Å². The third-order valence-electron chi connectivity index (χ3n) is 7.03. The Morgan fingerprint density at radius 1 is 1.12 bits per heavy atom. The minimum absolute atomic E-state index is 0.118. The van der Waals surface area contributed by atoms with Gasteiger partial charge >= 0.3 is 0 Å². The lowest BCUT2D eigenvalue weighted by Crippen LogP contribution is -2.52. The van der Waals surface area contributed by atoms with Crippen molar-refractivity contribution in [2.24, 2.45) is 5.41 Å². The smallest absolute Gasteiger partial charge is 0.231 e. The Morgan fingerprint density at radius 2 is 1.97 bits per heavy atom. The van der Waals surface area contributed by atoms with Gasteiger partial charge in [-0.3, -0.25) is 19.4 Å². The largest absolute Gasteiger partial charge is 0.472 e. The SMILES string of the molecule is CC(C)n1nccc1[C@@H]1CN(Cc2ccoc2)C[C@]12CCCN(Cc1ccncc1)C2=O. The highest BCUT2D eigenvalue weighted by Crippen LogP contribution is 2.50. The lowest BCUT2D eigenvalue weighted by atomic mass is 9.70. The number of furan rings is 1. The Hall–Kier alpha value is -2.93. The molecule has 168 valence electrons. The molecule has 2 aliphatic heterocycles. The van der Waals surface area contributed by atoms with Crippen LogP contribution in [0.25, 0.3) is 0 Å². The van der Waals surface area contributed by atoms with Crippen molar-refractivity contribution >= 4 is 5.91 Å². The molecule has 2 saturated heterocycles. The number of amides is 1. The fourth-order valence-corrected chi connectivity index (χ4v) is 5.61. The van der Waals surface area contributed by atoms with Crippen LogP contribution in [0.15, 0.2) is 59.8 Å². The zero-order chi connectivity index (χ0) is 22.1. The molecule has 0 saturated carbocycles. The molecular formula is C25H31N5O2. The van der Waals surface area contributed by atoms with Crippen LogP contribution in [0.3, 0.4) is 0 Å². The summed E-state index contributed by atoms with van der Waals surface area (Å²) in [4.78, 5) is 22.7. The molecule has 3 aromatic rings. The summed E-state index contributed by atoms with van der Waals surface area (Å²) in [5.74, 6) is 0.392. The summed E-state index contributed by atoms with van der Waals surface area (Å²) in [6.07, 6.45) is 10.9. The lowest BCUT2D eigenvalue weighted by molar-refractivity contribution is -0.147. The van der Waals surface area contributed by atoms with Crippen molar-refractivity contribution in [3.8, 4) is 0 Å². The Labute approximate surface area is 189 Å². The van der Waals surface area contributed by atoms with Crippen LogP contribution < -0.4 is 0 Å². The van der Waals surface area contributed by atoms with E-state index in [1.807, 2.05) is 24.4 Å². The third kappa shape index (κ3) is 3.75. The number of carbonyl (C=O) groups is 1. The van der Waals surface area contributed by atoms with E-state index in [4.69, 9.17) is 4.42 Å². The van der Waals surface area contributed by atoms with Crippen LogP contribution >= 0.6 is 0 Å². The topological polar surface area (TPSA) is 67.4 Å². The van der Waals surface area contributed by atoms with Crippen LogP contribution in [0, 0.1) is 5.41 Å². The molecule has 0 aliphatic carbocycles. The van der Waals surface area contributed by atoms with Crippen LogP contribution in [0.4, 0.5) is 0 Å². The number of piperidine rings is 1. The molecule has 2 aliphatic rings. The molecule has 0 radical (unpaired) electrons. The monoisotopic (exact) mass is 433 g/mol. The van der Waals surface area contributed by atoms with E-state index in [0.29, 0.717) is 6.54 Å². The first kappa shape index (κ1) is 20.9. The molecule has 2 atom stereocenters. The van der Waals surface area contributed by atoms with Gasteiger partial charge in [-0.1, -0.05) is 0 Å². The van der Waals surface area contributed by atoms with Crippen molar-refractivity contribution in [1.29, 1.82) is 0 Å². The summed E-state index contributed by atoms with van der Waals surface area (Å²) >= 11 is 0. The van der Waals surface area contributed by atoms with Crippen molar-refractivity contribution in [3.05, 3.63) is 72.2 Å². The summed E-state index contributed by atoms with van der Waals surface area (Å²) in [7, 11) is 0. The summed E-state index contributed by atoms with van der Waals surface area (Å²) in [6, 6.07) is 8.38. The van der Waals surface area contributed by atoms with Crippen molar-refractivity contribution in [2.75, 3.05) is 19.6 Å². The summed E-state index contributed by atoms with van der Waals surface area (Å²) in [5, 5.41) is 4.60. The fraction of sp³-hybridized carbons (Fsp3) is 0.480. The number of aromatic nitrogens is 3. The quantitative estimate of drug-likeness (QED) is 0.591. The van der Waals surface area contributed by atoms with Gasteiger partial charge in [0.25, 0.3) is 0 Å². The van der Waals surface area contributed by atoms with Crippen LogP contribution in [0.1, 0.15) is 55.5 Å². The second-order valence-corrected chi connectivity index (χ2v) is 9.49. The van der Waals surface area contributed by atoms with E-state index in [-0.39, 0.29) is 17.9 Å². The Balaban J connectivity index is 1.48. The van der Waals surface area contributed by atoms with Gasteiger partial charge in [-0.05, 0) is 56.5 Å². The highest BCUT2D eigenvalue weighted by Gasteiger charge is 2.56. The third-order valence-corrected chi connectivity index (χ3v) is 7.03. The van der Waals surface area contributed by atoms with Crippen LogP contribution in [0.5, 0.6) is 0 Å². The lowest BCUT2D eigenvalue weighted by Gasteiger charge is -2.42. The second kappa shape index (κ2) is 8.54. The predicted molar refractivity (Wildman–Crippen MR) is 121 cm³/mol. The van der Waals surface area contributed by atoms with Crippen molar-refractivity contribution < 1.29 is 9.21 Å². The van der Waals surface area contributed by atoms with E-state index in [0.717, 1.165) is 50.1 Å². The van der Waals surface area contributed by atoms with Gasteiger partial charge in [0.2, 0.25) is 5.91 Å². The standard InChI is InChI=1S/C25H31N5O2/c1-19(2)30-23(6-11-27-30)22-16-28(14-21-7-13-32-17-21)18-25(22)8-3-12-29(24(25)31)15-20-4-9-26-10-5-20/h4-7,9-11,13,17,19,22H,3,8,12,14-16,18H2,1-2H3/t22-,25+/m0/s1. The molecule has 5 heterocycles. The maximum absolute atomic E-state index is 14.1. The van der Waals surface area contributed by atoms with E-state index < -0.39 is 5.41 Å². The fourth-order valence-electron chi connectivity index (χ4n) is 5.61. The number of hydrogen-bond acceptors (Lipinski definition) is 5. The van der Waals surface area contributed by atoms with Crippen LogP contribution in [0.2, 0.25) is 0 Å². The molecule has 0 bridgehead atoms. The normalized spacial score (nSPS) is 24.2. The van der Waals surface area contributed by atoms with Gasteiger partial charge in [0.05, 0.1) is 17.9 Å². The molecule has 1 amide bonds. The molecule has 0 aromatic carbocycles. The molecule has 3 aromatic heterocycles. The van der Waals surface area contributed by atoms with Crippen LogP contribution in [-0.2, 0) is 17.9 Å². The highest BCUT2D eigenvalue weighted by atomic mass is 16.3. The van der Waals surface area contributed by atoms with Gasteiger partial charge < -0.3 is 9.32 Å². The highest BCUT2D eigenvalue weighted by molar-refractivity contribution is 5.85. The number of nitrogens with zero attached hydrogens (tertiary/aromatic N) is 5. The minimum Gasteiger partial charge on any atom is -0.472 e. The van der Waals surface area contributed by atoms with Crippen molar-refractivity contribution in [3.63, 3.8) is 0 Å². The van der Waals surface area contributed by atoms with Gasteiger partial charge in [0.15, 0.2) is 0 Å². The van der Waals surface area contributed by atoms with Gasteiger partial charge in [-0.15, -0.1) is 0 Å². The molecule has 7 heteroatoms. The summed E-state index contributed by atoms with van der Waals surface area (Å²) in [5.41, 5.74) is 3.02. The number of likely N-dealkylation sites (tertiary alicyclic amines) is 2. The first-order valence-electron chi connectivity index (χ1n) is 11.5. The average molecular weight is 434 g/mol. The van der Waals surface area contributed by atoms with Gasteiger partial charge in [-0.25, -0.2) is 0 Å². The Morgan fingerprint density at radius 3 is 2.72 bits per heavy atom. The first-order chi connectivity index (χ1) is 15.6. The Bertz CT molecular complexity index is 1050. The predicted octanol–water partition coefficient (Wildman–Crippen LogP) is 3.86. The number of rotatable bonds is 6. The molecule has 5 rings (SSSR count). The molecule has 1 spiro atoms. The van der Waals surface area contributed by atoms with E-state index in [1.165, 1.54) is 5.69 Å². The zero-order valence-electron chi connectivity index (χ0n) is 18.9. The zero-order valence-corrected chi connectivity index (χ0v) is 18.9. The van der Waals surface area contributed by atoms with E-state index in [9.17, 15) is 4.79 Å². The van der Waals surface area contributed by atoms with Gasteiger partial charge in [0.1, 0.15) is 0 Å². The first-order valence-corrected chi connectivity index (χ1v) is 11.5. The Kier molecular flexibility index (Phi) is 5.59. The molecule has 2 fully saturated rings. The minimum atomic E-state index is -0.429. The average Bonchev–Trinajstić information content (AvgIpc) is 3.53. The number of hydrogen-bond donors (Lipinski definition) is 0. The number of carbonyl (C=O) groups excluding carboxylic acids is 1. The molecule has 7 nitrogen and oxygen atoms in total. The molecule has 0 N–H and O–H groups in total. The van der Waals surface area contributed by atoms with E-state index in [1.54, 1.807) is 24.9 Å². The maximum Gasteiger partial charge on any atom is 0.231 e. The van der Waals surface area contributed by atoms with E-state index in [2.05, 4.69) is 44.5 Å².